The van der Waals surface area contributed by atoms with E-state index >= 15 is 0 Å². The van der Waals surface area contributed by atoms with E-state index in [9.17, 15) is 4.79 Å². The van der Waals surface area contributed by atoms with Crippen LogP contribution in [-0.4, -0.2) is 53.0 Å². The molecule has 0 bridgehead atoms. The van der Waals surface area contributed by atoms with Crippen molar-refractivity contribution in [2.75, 3.05) is 26.3 Å². The van der Waals surface area contributed by atoms with Gasteiger partial charge in [-0.1, -0.05) is 11.6 Å². The van der Waals surface area contributed by atoms with Crippen LogP contribution in [0.15, 0.2) is 12.4 Å². The van der Waals surface area contributed by atoms with Gasteiger partial charge in [-0.25, -0.2) is 9.78 Å². The smallest absolute Gasteiger partial charge is 0.317 e. The molecule has 3 heterocycles. The van der Waals surface area contributed by atoms with Gasteiger partial charge < -0.3 is 19.7 Å². The number of nitrogens with one attached hydrogen (secondary N) is 1. The van der Waals surface area contributed by atoms with Crippen molar-refractivity contribution in [1.29, 1.82) is 0 Å². The molecule has 0 aromatic carbocycles. The fourth-order valence-corrected chi connectivity index (χ4v) is 2.75. The number of piperidine rings is 1. The van der Waals surface area contributed by atoms with Gasteiger partial charge in [0.2, 0.25) is 0 Å². The van der Waals surface area contributed by atoms with Gasteiger partial charge in [-0.15, -0.1) is 0 Å². The van der Waals surface area contributed by atoms with Crippen LogP contribution in [0.25, 0.3) is 0 Å². The number of amides is 2. The van der Waals surface area contributed by atoms with Crippen molar-refractivity contribution < 1.29 is 14.3 Å². The zero-order valence-electron chi connectivity index (χ0n) is 11.5. The first-order chi connectivity index (χ1) is 10.2. The van der Waals surface area contributed by atoms with Crippen LogP contribution >= 0.6 is 11.6 Å². The van der Waals surface area contributed by atoms with Crippen LogP contribution in [-0.2, 0) is 16.0 Å². The maximum absolute atomic E-state index is 12.1. The summed E-state index contributed by atoms with van der Waals surface area (Å²) in [6.07, 6.45) is 4.46. The lowest BCUT2D eigenvalue weighted by Gasteiger charge is -2.37. The minimum atomic E-state index is -0.467. The fraction of sp³-hybridized carbons (Fsp3) is 0.615. The summed E-state index contributed by atoms with van der Waals surface area (Å²) in [5, 5.41) is 3.12. The molecule has 0 radical (unpaired) electrons. The van der Waals surface area contributed by atoms with Crippen LogP contribution in [0, 0.1) is 0 Å². The van der Waals surface area contributed by atoms with Gasteiger partial charge in [-0.05, 0) is 0 Å². The molecule has 3 rings (SSSR count). The molecule has 7 nitrogen and oxygen atoms in total. The standard InChI is InChI=1S/C13H17ClN4O3/c14-11-10(15-3-4-16-11)9-17-12(19)18-5-1-13(2-6-18)20-7-8-21-13/h3-4H,1-2,5-9H2,(H,17,19). The minimum Gasteiger partial charge on any atom is -0.347 e. The molecule has 2 saturated heterocycles. The SMILES string of the molecule is O=C(NCc1nccnc1Cl)N1CCC2(CC1)OCCO2. The molecule has 0 atom stereocenters. The number of hydrogen-bond acceptors (Lipinski definition) is 5. The van der Waals surface area contributed by atoms with Crippen molar-refractivity contribution in [1.82, 2.24) is 20.2 Å². The first-order valence-electron chi connectivity index (χ1n) is 6.95. The van der Waals surface area contributed by atoms with Crippen LogP contribution in [0.5, 0.6) is 0 Å². The number of halogens is 1. The minimum absolute atomic E-state index is 0.135. The highest BCUT2D eigenvalue weighted by Gasteiger charge is 2.40. The molecule has 21 heavy (non-hydrogen) atoms. The second kappa shape index (κ2) is 6.13. The highest BCUT2D eigenvalue weighted by atomic mass is 35.5. The highest BCUT2D eigenvalue weighted by molar-refractivity contribution is 6.29. The quantitative estimate of drug-likeness (QED) is 0.887. The second-order valence-electron chi connectivity index (χ2n) is 5.05. The molecule has 1 aromatic heterocycles. The maximum Gasteiger partial charge on any atom is 0.317 e. The van der Waals surface area contributed by atoms with Crippen molar-refractivity contribution in [2.45, 2.75) is 25.2 Å². The van der Waals surface area contributed by atoms with Crippen molar-refractivity contribution >= 4 is 17.6 Å². The predicted octanol–water partition coefficient (Wildman–Crippen LogP) is 1.18. The Labute approximate surface area is 127 Å². The topological polar surface area (TPSA) is 76.6 Å². The van der Waals surface area contributed by atoms with E-state index in [0.29, 0.717) is 50.0 Å². The average molecular weight is 313 g/mol. The molecule has 8 heteroatoms. The Morgan fingerprint density at radius 3 is 2.62 bits per heavy atom. The fourth-order valence-electron chi connectivity index (χ4n) is 2.58. The van der Waals surface area contributed by atoms with Gasteiger partial charge in [-0.3, -0.25) is 4.98 Å². The number of carbonyl (C=O) groups excluding carboxylic acids is 1. The number of aromatic nitrogens is 2. The molecule has 0 unspecified atom stereocenters. The Kier molecular flexibility index (Phi) is 4.23. The number of hydrogen-bond donors (Lipinski definition) is 1. The third kappa shape index (κ3) is 3.25. The lowest BCUT2D eigenvalue weighted by Crippen LogP contribution is -2.50. The van der Waals surface area contributed by atoms with Gasteiger partial charge >= 0.3 is 6.03 Å². The van der Waals surface area contributed by atoms with Crippen molar-refractivity contribution in [3.8, 4) is 0 Å². The van der Waals surface area contributed by atoms with Gasteiger partial charge in [-0.2, -0.15) is 0 Å². The average Bonchev–Trinajstić information content (AvgIpc) is 2.95. The van der Waals surface area contributed by atoms with E-state index in [1.165, 1.54) is 6.20 Å². The molecular formula is C13H17ClN4O3. The molecule has 2 amide bonds. The molecule has 1 spiro atoms. The Bertz CT molecular complexity index is 512. The highest BCUT2D eigenvalue weighted by Crippen LogP contribution is 2.31. The number of rotatable bonds is 2. The monoisotopic (exact) mass is 312 g/mol. The van der Waals surface area contributed by atoms with Crippen LogP contribution in [0.4, 0.5) is 4.79 Å². The maximum atomic E-state index is 12.1. The molecular weight excluding hydrogens is 296 g/mol. The van der Waals surface area contributed by atoms with Crippen LogP contribution < -0.4 is 5.32 Å². The first kappa shape index (κ1) is 14.5. The predicted molar refractivity (Wildman–Crippen MR) is 74.7 cm³/mol. The normalized spacial score (nSPS) is 20.7. The first-order valence-corrected chi connectivity index (χ1v) is 7.32. The lowest BCUT2D eigenvalue weighted by atomic mass is 10.0. The Balaban J connectivity index is 1.49. The van der Waals surface area contributed by atoms with Crippen molar-refractivity contribution in [2.24, 2.45) is 0 Å². The van der Waals surface area contributed by atoms with E-state index in [-0.39, 0.29) is 12.6 Å². The van der Waals surface area contributed by atoms with Crippen LogP contribution in [0.1, 0.15) is 18.5 Å². The molecule has 0 saturated carbocycles. The molecule has 2 aliphatic heterocycles. The van der Waals surface area contributed by atoms with Crippen molar-refractivity contribution in [3.63, 3.8) is 0 Å². The molecule has 0 aliphatic carbocycles. The second-order valence-corrected chi connectivity index (χ2v) is 5.41. The van der Waals surface area contributed by atoms with E-state index in [1.807, 2.05) is 0 Å². The summed E-state index contributed by atoms with van der Waals surface area (Å²) in [6, 6.07) is -0.135. The zero-order chi connectivity index (χ0) is 14.7. The summed E-state index contributed by atoms with van der Waals surface area (Å²) in [5.41, 5.74) is 0.559. The summed E-state index contributed by atoms with van der Waals surface area (Å²) in [5.74, 6) is -0.467. The zero-order valence-corrected chi connectivity index (χ0v) is 12.3. The van der Waals surface area contributed by atoms with E-state index in [4.69, 9.17) is 21.1 Å². The number of urea groups is 1. The van der Waals surface area contributed by atoms with Crippen LogP contribution in [0.3, 0.4) is 0 Å². The molecule has 2 aliphatic rings. The summed E-state index contributed by atoms with van der Waals surface area (Å²) in [7, 11) is 0. The van der Waals surface area contributed by atoms with E-state index in [2.05, 4.69) is 15.3 Å². The summed E-state index contributed by atoms with van der Waals surface area (Å²) in [4.78, 5) is 21.9. The summed E-state index contributed by atoms with van der Waals surface area (Å²) >= 11 is 5.90. The third-order valence-electron chi connectivity index (χ3n) is 3.76. The van der Waals surface area contributed by atoms with E-state index in [0.717, 1.165) is 0 Å². The Hall–Kier alpha value is -1.44. The van der Waals surface area contributed by atoms with Gasteiger partial charge in [0.05, 0.1) is 25.5 Å². The number of likely N-dealkylation sites (tertiary alicyclic amines) is 1. The molecule has 114 valence electrons. The largest absolute Gasteiger partial charge is 0.347 e. The van der Waals surface area contributed by atoms with Crippen molar-refractivity contribution in [3.05, 3.63) is 23.2 Å². The number of nitrogens with zero attached hydrogens (tertiary/aromatic N) is 3. The Morgan fingerprint density at radius 2 is 1.95 bits per heavy atom. The summed E-state index contributed by atoms with van der Waals surface area (Å²) in [6.45, 7) is 2.76. The molecule has 2 fully saturated rings. The van der Waals surface area contributed by atoms with Gasteiger partial charge in [0.1, 0.15) is 0 Å². The number of carbonyl (C=O) groups is 1. The van der Waals surface area contributed by atoms with Gasteiger partial charge in [0.15, 0.2) is 10.9 Å². The Morgan fingerprint density at radius 1 is 1.29 bits per heavy atom. The lowest BCUT2D eigenvalue weighted by molar-refractivity contribution is -0.181. The third-order valence-corrected chi connectivity index (χ3v) is 4.07. The van der Waals surface area contributed by atoms with Gasteiger partial charge in [0.25, 0.3) is 0 Å². The summed E-state index contributed by atoms with van der Waals surface area (Å²) < 4.78 is 11.3. The van der Waals surface area contributed by atoms with Crippen LogP contribution in [0.2, 0.25) is 5.15 Å². The van der Waals surface area contributed by atoms with Gasteiger partial charge in [0, 0.05) is 38.3 Å². The van der Waals surface area contributed by atoms with E-state index in [1.54, 1.807) is 11.1 Å². The molecule has 1 N–H and O–H groups in total. The van der Waals surface area contributed by atoms with E-state index < -0.39 is 5.79 Å². The molecule has 1 aromatic rings. The number of ether oxygens (including phenoxy) is 2.